The molecule has 0 bridgehead atoms. The Morgan fingerprint density at radius 2 is 1.90 bits per heavy atom. The van der Waals surface area contributed by atoms with Crippen LogP contribution < -0.4 is 10.1 Å². The highest BCUT2D eigenvalue weighted by Crippen LogP contribution is 2.18. The van der Waals surface area contributed by atoms with E-state index in [-0.39, 0.29) is 0 Å². The maximum absolute atomic E-state index is 5.82. The average Bonchev–Trinajstić information content (AvgIpc) is 2.81. The lowest BCUT2D eigenvalue weighted by atomic mass is 10.1. The highest BCUT2D eigenvalue weighted by Gasteiger charge is 2.04. The summed E-state index contributed by atoms with van der Waals surface area (Å²) in [6.07, 6.45) is 0. The second kappa shape index (κ2) is 6.86. The zero-order valence-corrected chi connectivity index (χ0v) is 13.4. The summed E-state index contributed by atoms with van der Waals surface area (Å²) >= 11 is 1.68. The largest absolute Gasteiger partial charge is 0.487 e. The third-order valence-corrected chi connectivity index (χ3v) is 3.74. The normalized spacial score (nSPS) is 11.1. The van der Waals surface area contributed by atoms with E-state index < -0.39 is 0 Å². The van der Waals surface area contributed by atoms with Crippen molar-refractivity contribution < 1.29 is 4.74 Å². The van der Waals surface area contributed by atoms with Gasteiger partial charge in [0.25, 0.3) is 0 Å². The molecule has 0 radical (unpaired) electrons. The minimum absolute atomic E-state index is 0.480. The Hall–Kier alpha value is -1.39. The van der Waals surface area contributed by atoms with Gasteiger partial charge in [-0.15, -0.1) is 11.3 Å². The molecule has 20 heavy (non-hydrogen) atoms. The van der Waals surface area contributed by atoms with Crippen LogP contribution in [0.15, 0.2) is 23.6 Å². The standard InChI is InChI=1S/C16H22N2OS/c1-11(2)17-8-16-18-14(10-20-16)9-19-15-6-12(3)5-13(4)7-15/h5-7,10-11,17H,8-9H2,1-4H3. The van der Waals surface area contributed by atoms with Crippen LogP contribution in [0.3, 0.4) is 0 Å². The Bertz CT molecular complexity index is 543. The van der Waals surface area contributed by atoms with Gasteiger partial charge < -0.3 is 10.1 Å². The van der Waals surface area contributed by atoms with Crippen molar-refractivity contribution in [3.05, 3.63) is 45.4 Å². The number of thiazole rings is 1. The number of hydrogen-bond acceptors (Lipinski definition) is 4. The quantitative estimate of drug-likeness (QED) is 0.877. The Labute approximate surface area is 125 Å². The van der Waals surface area contributed by atoms with Gasteiger partial charge in [-0.1, -0.05) is 19.9 Å². The van der Waals surface area contributed by atoms with Crippen molar-refractivity contribution >= 4 is 11.3 Å². The average molecular weight is 290 g/mol. The van der Waals surface area contributed by atoms with Crippen LogP contribution in [0.2, 0.25) is 0 Å². The summed E-state index contributed by atoms with van der Waals surface area (Å²) in [5.41, 5.74) is 3.44. The van der Waals surface area contributed by atoms with Gasteiger partial charge in [-0.2, -0.15) is 0 Å². The van der Waals surface area contributed by atoms with Crippen LogP contribution in [0.25, 0.3) is 0 Å². The second-order valence-electron chi connectivity index (χ2n) is 5.38. The van der Waals surface area contributed by atoms with E-state index in [1.807, 2.05) is 0 Å². The zero-order valence-electron chi connectivity index (χ0n) is 12.6. The summed E-state index contributed by atoms with van der Waals surface area (Å²) in [5, 5.41) is 6.55. The van der Waals surface area contributed by atoms with Gasteiger partial charge in [0.05, 0.1) is 5.69 Å². The smallest absolute Gasteiger partial charge is 0.131 e. The van der Waals surface area contributed by atoms with Crippen LogP contribution in [-0.2, 0) is 13.2 Å². The van der Waals surface area contributed by atoms with Crippen LogP contribution in [0.5, 0.6) is 5.75 Å². The zero-order chi connectivity index (χ0) is 14.5. The molecule has 108 valence electrons. The van der Waals surface area contributed by atoms with Crippen molar-refractivity contribution in [2.24, 2.45) is 0 Å². The van der Waals surface area contributed by atoms with Crippen LogP contribution in [-0.4, -0.2) is 11.0 Å². The first-order valence-electron chi connectivity index (χ1n) is 6.90. The van der Waals surface area contributed by atoms with Crippen molar-refractivity contribution in [1.29, 1.82) is 0 Å². The van der Waals surface area contributed by atoms with Gasteiger partial charge in [-0.25, -0.2) is 4.98 Å². The molecule has 1 aromatic carbocycles. The van der Waals surface area contributed by atoms with Crippen molar-refractivity contribution in [2.45, 2.75) is 46.9 Å². The molecule has 0 aliphatic rings. The fourth-order valence-electron chi connectivity index (χ4n) is 1.96. The van der Waals surface area contributed by atoms with E-state index in [4.69, 9.17) is 4.74 Å². The number of ether oxygens (including phenoxy) is 1. The van der Waals surface area contributed by atoms with Crippen LogP contribution in [0.4, 0.5) is 0 Å². The van der Waals surface area contributed by atoms with Gasteiger partial charge in [0.15, 0.2) is 0 Å². The second-order valence-corrected chi connectivity index (χ2v) is 6.32. The third kappa shape index (κ3) is 4.62. The lowest BCUT2D eigenvalue weighted by Crippen LogP contribution is -2.21. The van der Waals surface area contributed by atoms with Crippen molar-refractivity contribution in [3.8, 4) is 5.75 Å². The summed E-state index contributed by atoms with van der Waals surface area (Å²) in [5.74, 6) is 0.914. The third-order valence-electron chi connectivity index (χ3n) is 2.84. The van der Waals surface area contributed by atoms with Gasteiger partial charge >= 0.3 is 0 Å². The lowest BCUT2D eigenvalue weighted by Gasteiger charge is -2.07. The Kier molecular flexibility index (Phi) is 5.15. The molecule has 2 aromatic rings. The molecule has 0 aliphatic carbocycles. The van der Waals surface area contributed by atoms with Gasteiger partial charge in [-0.05, 0) is 37.1 Å². The lowest BCUT2D eigenvalue weighted by molar-refractivity contribution is 0.301. The summed E-state index contributed by atoms with van der Waals surface area (Å²) in [6, 6.07) is 6.74. The van der Waals surface area contributed by atoms with Crippen LogP contribution in [0, 0.1) is 13.8 Å². The number of nitrogens with zero attached hydrogens (tertiary/aromatic N) is 1. The van der Waals surface area contributed by atoms with Gasteiger partial charge in [0, 0.05) is 18.0 Å². The molecule has 0 atom stereocenters. The molecule has 0 saturated heterocycles. The number of aryl methyl sites for hydroxylation is 2. The van der Waals surface area contributed by atoms with E-state index >= 15 is 0 Å². The molecule has 0 fully saturated rings. The van der Waals surface area contributed by atoms with Crippen LogP contribution >= 0.6 is 11.3 Å². The predicted octanol–water partition coefficient (Wildman–Crippen LogP) is 3.84. The molecule has 1 aromatic heterocycles. The Morgan fingerprint density at radius 1 is 1.20 bits per heavy atom. The summed E-state index contributed by atoms with van der Waals surface area (Å²) in [4.78, 5) is 4.57. The molecule has 0 spiro atoms. The van der Waals surface area contributed by atoms with E-state index in [0.717, 1.165) is 23.0 Å². The van der Waals surface area contributed by atoms with E-state index in [1.54, 1.807) is 11.3 Å². The number of benzene rings is 1. The van der Waals surface area contributed by atoms with Crippen molar-refractivity contribution in [3.63, 3.8) is 0 Å². The Balaban J connectivity index is 1.90. The molecular formula is C16H22N2OS. The molecule has 0 aliphatic heterocycles. The molecule has 1 heterocycles. The Morgan fingerprint density at radius 3 is 2.55 bits per heavy atom. The monoisotopic (exact) mass is 290 g/mol. The van der Waals surface area contributed by atoms with Crippen molar-refractivity contribution in [2.75, 3.05) is 0 Å². The fraction of sp³-hybridized carbons (Fsp3) is 0.438. The first kappa shape index (κ1) is 15.0. The van der Waals surface area contributed by atoms with Gasteiger partial charge in [0.2, 0.25) is 0 Å². The van der Waals surface area contributed by atoms with Crippen molar-refractivity contribution in [1.82, 2.24) is 10.3 Å². The van der Waals surface area contributed by atoms with Crippen LogP contribution in [0.1, 0.15) is 35.7 Å². The highest BCUT2D eigenvalue weighted by molar-refractivity contribution is 7.09. The maximum Gasteiger partial charge on any atom is 0.131 e. The predicted molar refractivity (Wildman–Crippen MR) is 84.3 cm³/mol. The highest BCUT2D eigenvalue weighted by atomic mass is 32.1. The fourth-order valence-corrected chi connectivity index (χ4v) is 2.69. The number of hydrogen-bond donors (Lipinski definition) is 1. The first-order valence-corrected chi connectivity index (χ1v) is 7.78. The molecular weight excluding hydrogens is 268 g/mol. The minimum atomic E-state index is 0.480. The maximum atomic E-state index is 5.82. The number of nitrogens with one attached hydrogen (secondary N) is 1. The molecule has 4 heteroatoms. The summed E-state index contributed by atoms with van der Waals surface area (Å²) in [7, 11) is 0. The van der Waals surface area contributed by atoms with E-state index in [9.17, 15) is 0 Å². The minimum Gasteiger partial charge on any atom is -0.487 e. The molecule has 0 saturated carbocycles. The molecule has 1 N–H and O–H groups in total. The summed E-state index contributed by atoms with van der Waals surface area (Å²) in [6.45, 7) is 9.79. The topological polar surface area (TPSA) is 34.1 Å². The van der Waals surface area contributed by atoms with Gasteiger partial charge in [-0.3, -0.25) is 0 Å². The molecule has 2 rings (SSSR count). The molecule has 0 unspecified atom stereocenters. The first-order chi connectivity index (χ1) is 9.52. The van der Waals surface area contributed by atoms with Gasteiger partial charge in [0.1, 0.15) is 17.4 Å². The number of rotatable bonds is 6. The molecule has 3 nitrogen and oxygen atoms in total. The SMILES string of the molecule is Cc1cc(C)cc(OCc2csc(CNC(C)C)n2)c1. The van der Waals surface area contributed by atoms with E-state index in [2.05, 4.69) is 61.6 Å². The molecule has 0 amide bonds. The number of aromatic nitrogens is 1. The van der Waals surface area contributed by atoms with E-state index in [0.29, 0.717) is 12.6 Å². The summed E-state index contributed by atoms with van der Waals surface area (Å²) < 4.78 is 5.82. The van der Waals surface area contributed by atoms with E-state index in [1.165, 1.54) is 11.1 Å².